The van der Waals surface area contributed by atoms with Gasteiger partial charge in [-0.2, -0.15) is 0 Å². The van der Waals surface area contributed by atoms with E-state index in [0.717, 1.165) is 32.1 Å². The van der Waals surface area contributed by atoms with Crippen LogP contribution in [-0.4, -0.2) is 42.5 Å². The zero-order valence-electron chi connectivity index (χ0n) is 41.5. The van der Waals surface area contributed by atoms with Crippen molar-refractivity contribution in [1.29, 1.82) is 0 Å². The van der Waals surface area contributed by atoms with Gasteiger partial charge in [-0.05, 0) is 48.8 Å². The van der Waals surface area contributed by atoms with Crippen LogP contribution < -0.4 is 10.6 Å². The molecule has 0 bridgehead atoms. The van der Waals surface area contributed by atoms with Gasteiger partial charge in [0, 0.05) is 25.9 Å². The lowest BCUT2D eigenvalue weighted by Crippen LogP contribution is -2.41. The summed E-state index contributed by atoms with van der Waals surface area (Å²) in [6, 6.07) is 0. The molecule has 7 nitrogen and oxygen atoms in total. The molecule has 0 aliphatic heterocycles. The lowest BCUT2D eigenvalue weighted by atomic mass is 9.89. The molecule has 0 rings (SSSR count). The maximum Gasteiger partial charge on any atom is 0.324 e. The van der Waals surface area contributed by atoms with E-state index in [-0.39, 0.29) is 30.8 Å². The molecule has 0 aliphatic rings. The predicted octanol–water partition coefficient (Wildman–Crippen LogP) is 16.2. The highest BCUT2D eigenvalue weighted by molar-refractivity contribution is 8.07. The second-order valence-electron chi connectivity index (χ2n) is 19.5. The van der Waals surface area contributed by atoms with Gasteiger partial charge in [-0.15, -0.1) is 0 Å². The summed E-state index contributed by atoms with van der Waals surface area (Å²) in [5, 5.41) is 5.96. The third-order valence-electron chi connectivity index (χ3n) is 12.7. The molecule has 1 unspecified atom stereocenters. The number of hydrogen-bond donors (Lipinski definition) is 3. The first-order chi connectivity index (χ1) is 29.5. The number of hydrogen-bond acceptors (Lipinski definition) is 5. The van der Waals surface area contributed by atoms with E-state index in [9.17, 15) is 14.5 Å². The van der Waals surface area contributed by atoms with Crippen LogP contribution in [0, 0.1) is 17.8 Å². The smallest absolute Gasteiger partial charge is 0.324 e. The fraction of sp³-hybridized carbons (Fsp3) is 0.962. The highest BCUT2D eigenvalue weighted by Crippen LogP contribution is 2.46. The largest absolute Gasteiger partial charge is 0.353 e. The third kappa shape index (κ3) is 44.5. The van der Waals surface area contributed by atoms with E-state index >= 15 is 0 Å². The molecule has 9 heteroatoms. The molecule has 0 aromatic rings. The van der Waals surface area contributed by atoms with Crippen molar-refractivity contribution in [3.63, 3.8) is 0 Å². The zero-order chi connectivity index (χ0) is 45.1. The SMILES string of the molecule is CCCCCCCCCCCCCCCCCCCC(=O)NCC(CNC(=O)CCCCCCCCCCCCCCCCCCC)OP(O)(=S)OC[C@@H](C)[C@H](C)CC(C)C. The van der Waals surface area contributed by atoms with Gasteiger partial charge in [0.25, 0.3) is 0 Å². The van der Waals surface area contributed by atoms with E-state index in [1.165, 1.54) is 193 Å². The third-order valence-corrected chi connectivity index (χ3v) is 14.3. The van der Waals surface area contributed by atoms with Crippen LogP contribution in [0.1, 0.15) is 279 Å². The van der Waals surface area contributed by atoms with E-state index < -0.39 is 12.8 Å². The molecule has 0 aliphatic carbocycles. The predicted molar refractivity (Wildman–Crippen MR) is 269 cm³/mol. The highest BCUT2D eigenvalue weighted by atomic mass is 32.5. The molecule has 0 spiro atoms. The lowest BCUT2D eigenvalue weighted by Gasteiger charge is -2.27. The number of carbonyl (C=O) groups excluding carboxylic acids is 2. The summed E-state index contributed by atoms with van der Waals surface area (Å²) >= 11 is 5.43. The summed E-state index contributed by atoms with van der Waals surface area (Å²) in [7, 11) is 0. The van der Waals surface area contributed by atoms with Crippen LogP contribution in [0.5, 0.6) is 0 Å². The van der Waals surface area contributed by atoms with Crippen molar-refractivity contribution >= 4 is 30.3 Å². The molecule has 3 N–H and O–H groups in total. The molecule has 61 heavy (non-hydrogen) atoms. The molecule has 0 radical (unpaired) electrons. The van der Waals surface area contributed by atoms with Crippen molar-refractivity contribution in [2.24, 2.45) is 17.8 Å². The van der Waals surface area contributed by atoms with Gasteiger partial charge in [0.2, 0.25) is 11.8 Å². The van der Waals surface area contributed by atoms with E-state index in [1.54, 1.807) is 0 Å². The Morgan fingerprint density at radius 1 is 0.475 bits per heavy atom. The lowest BCUT2D eigenvalue weighted by molar-refractivity contribution is -0.121. The van der Waals surface area contributed by atoms with E-state index in [0.29, 0.717) is 31.3 Å². The van der Waals surface area contributed by atoms with Gasteiger partial charge in [0.15, 0.2) is 0 Å². The maximum absolute atomic E-state index is 12.8. The summed E-state index contributed by atoms with van der Waals surface area (Å²) in [6.07, 6.45) is 45.9. The average Bonchev–Trinajstić information content (AvgIpc) is 3.22. The number of rotatable bonds is 48. The van der Waals surface area contributed by atoms with Crippen LogP contribution in [0.15, 0.2) is 0 Å². The molecule has 2 amide bonds. The van der Waals surface area contributed by atoms with E-state index in [4.69, 9.17) is 20.9 Å². The molecule has 364 valence electrons. The normalized spacial score (nSPS) is 13.8. The first kappa shape index (κ1) is 60.5. The first-order valence-electron chi connectivity index (χ1n) is 26.7. The Balaban J connectivity index is 4.37. The van der Waals surface area contributed by atoms with Gasteiger partial charge in [-0.3, -0.25) is 9.59 Å². The maximum atomic E-state index is 12.8. The molecule has 0 saturated carbocycles. The topological polar surface area (TPSA) is 96.9 Å². The fourth-order valence-corrected chi connectivity index (χ4v) is 9.93. The Morgan fingerprint density at radius 2 is 0.754 bits per heavy atom. The zero-order valence-corrected chi connectivity index (χ0v) is 43.2. The minimum atomic E-state index is -3.58. The molecule has 3 atom stereocenters. The summed E-state index contributed by atoms with van der Waals surface area (Å²) in [5.41, 5.74) is 0. The standard InChI is InChI=1S/C52H105N2O5PS/c1-7-9-11-13-15-17-19-21-23-25-27-29-31-33-35-37-39-41-51(55)53-44-50(59-60(57,61)58-46-49(6)48(5)43-47(3)4)45-54-52(56)42-40-38-36-34-32-30-28-26-24-22-20-18-16-14-12-10-8-2/h47-50H,7-46H2,1-6H3,(H,53,55)(H,54,56)(H,57,61)/t48-,49-,60?/m1/s1. The molecular formula is C52H105N2O5PS. The summed E-state index contributed by atoms with van der Waals surface area (Å²) in [4.78, 5) is 36.6. The van der Waals surface area contributed by atoms with Crippen LogP contribution in [0.3, 0.4) is 0 Å². The molecule has 0 aromatic heterocycles. The van der Waals surface area contributed by atoms with Gasteiger partial charge in [0.05, 0.1) is 6.61 Å². The Hall–Kier alpha value is -0.530. The number of unbranched alkanes of at least 4 members (excludes halogenated alkanes) is 32. The average molecular weight is 901 g/mol. The molecule has 0 aromatic carbocycles. The van der Waals surface area contributed by atoms with Crippen molar-refractivity contribution in [3.8, 4) is 0 Å². The molecule has 0 heterocycles. The van der Waals surface area contributed by atoms with Gasteiger partial charge < -0.3 is 24.6 Å². The van der Waals surface area contributed by atoms with Crippen LogP contribution >= 0.6 is 6.72 Å². The van der Waals surface area contributed by atoms with Crippen molar-refractivity contribution in [2.45, 2.75) is 285 Å². The second kappa shape index (κ2) is 44.7. The van der Waals surface area contributed by atoms with Crippen molar-refractivity contribution in [2.75, 3.05) is 19.7 Å². The fourth-order valence-electron chi connectivity index (χ4n) is 8.37. The Kier molecular flexibility index (Phi) is 44.3. The van der Waals surface area contributed by atoms with Crippen molar-refractivity contribution in [3.05, 3.63) is 0 Å². The van der Waals surface area contributed by atoms with Crippen LogP contribution in [-0.2, 0) is 30.4 Å². The summed E-state index contributed by atoms with van der Waals surface area (Å²) in [6.45, 7) is 10.3. The van der Waals surface area contributed by atoms with Gasteiger partial charge >= 0.3 is 6.72 Å². The van der Waals surface area contributed by atoms with E-state index in [1.807, 2.05) is 0 Å². The quantitative estimate of drug-likeness (QED) is 0.0416. The number of carbonyl (C=O) groups is 2. The first-order valence-corrected chi connectivity index (χ1v) is 29.3. The van der Waals surface area contributed by atoms with Gasteiger partial charge in [-0.25, -0.2) is 0 Å². The van der Waals surface area contributed by atoms with Crippen LogP contribution in [0.25, 0.3) is 0 Å². The van der Waals surface area contributed by atoms with E-state index in [2.05, 4.69) is 52.2 Å². The summed E-state index contributed by atoms with van der Waals surface area (Å²) < 4.78 is 11.8. The van der Waals surface area contributed by atoms with Gasteiger partial charge in [-0.1, -0.05) is 247 Å². The van der Waals surface area contributed by atoms with Gasteiger partial charge in [0.1, 0.15) is 6.10 Å². The van der Waals surface area contributed by atoms with Crippen LogP contribution in [0.2, 0.25) is 0 Å². The molecular weight excluding hydrogens is 796 g/mol. The van der Waals surface area contributed by atoms with Crippen molar-refractivity contribution in [1.82, 2.24) is 10.6 Å². The Labute approximate surface area is 385 Å². The minimum absolute atomic E-state index is 0.0346. The number of nitrogens with one attached hydrogen (secondary N) is 2. The monoisotopic (exact) mass is 901 g/mol. The minimum Gasteiger partial charge on any atom is -0.353 e. The molecule has 0 fully saturated rings. The second-order valence-corrected chi connectivity index (χ2v) is 22.3. The molecule has 0 saturated heterocycles. The summed E-state index contributed by atoms with van der Waals surface area (Å²) in [5.74, 6) is 1.15. The van der Waals surface area contributed by atoms with Crippen LogP contribution in [0.4, 0.5) is 0 Å². The highest BCUT2D eigenvalue weighted by Gasteiger charge is 2.25. The number of amides is 2. The van der Waals surface area contributed by atoms with Crippen molar-refractivity contribution < 1.29 is 23.5 Å². The Bertz CT molecular complexity index is 962. The Morgan fingerprint density at radius 3 is 1.03 bits per heavy atom.